The van der Waals surface area contributed by atoms with Crippen LogP contribution in [0.5, 0.6) is 0 Å². The van der Waals surface area contributed by atoms with Crippen LogP contribution in [0.25, 0.3) is 0 Å². The highest BCUT2D eigenvalue weighted by atomic mass is 14.9. The SMILES string of the molecule is CC.CC.CC.CC.CC.CC(C)(C)CCNc1ccccc1.CC(C)(C)CCc1ccccc1.CC(C)CC(CNCc1ccccc1)C(C)(C)C.CC(C)CC(CNCc1ccccn1)C(C)(C)C.CC(C)CC(CNCc1cccnc1)C(C)(C)C. The molecule has 2 heterocycles. The molecule has 0 aliphatic carbocycles. The summed E-state index contributed by atoms with van der Waals surface area (Å²) >= 11 is 0. The fraction of sp³-hybridized carbons (Fsp3) is 0.663. The van der Waals surface area contributed by atoms with Gasteiger partial charge in [0.2, 0.25) is 0 Å². The lowest BCUT2D eigenvalue weighted by Gasteiger charge is -2.32. The molecule has 514 valence electrons. The Morgan fingerprint density at radius 1 is 0.360 bits per heavy atom. The molecule has 0 aliphatic heterocycles. The summed E-state index contributed by atoms with van der Waals surface area (Å²) in [4.78, 5) is 8.48. The van der Waals surface area contributed by atoms with E-state index < -0.39 is 0 Å². The topological polar surface area (TPSA) is 73.9 Å². The minimum absolute atomic E-state index is 0.362. The van der Waals surface area contributed by atoms with E-state index in [1.807, 2.05) is 112 Å². The summed E-state index contributed by atoms with van der Waals surface area (Å²) in [5.74, 6) is 4.45. The van der Waals surface area contributed by atoms with Crippen LogP contribution >= 0.6 is 0 Å². The number of pyridine rings is 2. The molecule has 89 heavy (non-hydrogen) atoms. The molecule has 0 radical (unpaired) electrons. The van der Waals surface area contributed by atoms with Crippen molar-refractivity contribution in [1.29, 1.82) is 0 Å². The zero-order valence-electron chi connectivity index (χ0n) is 64.8. The smallest absolute Gasteiger partial charge is 0.0541 e. The van der Waals surface area contributed by atoms with Gasteiger partial charge in [0.15, 0.2) is 0 Å². The Bertz CT molecular complexity index is 1990. The van der Waals surface area contributed by atoms with Crippen molar-refractivity contribution in [2.24, 2.45) is 62.6 Å². The molecular formula is C83H152N6. The van der Waals surface area contributed by atoms with Crippen molar-refractivity contribution in [3.63, 3.8) is 0 Å². The van der Waals surface area contributed by atoms with Crippen molar-refractivity contribution < 1.29 is 0 Å². The van der Waals surface area contributed by atoms with Gasteiger partial charge >= 0.3 is 0 Å². The van der Waals surface area contributed by atoms with Crippen LogP contribution in [0.4, 0.5) is 5.69 Å². The van der Waals surface area contributed by atoms with Crippen LogP contribution in [-0.4, -0.2) is 36.1 Å². The number of nitrogens with one attached hydrogen (secondary N) is 4. The van der Waals surface area contributed by atoms with E-state index in [4.69, 9.17) is 0 Å². The molecule has 4 N–H and O–H groups in total. The number of aryl methyl sites for hydroxylation is 1. The monoisotopic (exact) mass is 1230 g/mol. The summed E-state index contributed by atoms with van der Waals surface area (Å²) in [6.07, 6.45) is 13.1. The van der Waals surface area contributed by atoms with Gasteiger partial charge < -0.3 is 21.3 Å². The molecule has 0 saturated carbocycles. The lowest BCUT2D eigenvalue weighted by atomic mass is 9.76. The maximum atomic E-state index is 4.34. The number of para-hydroxylation sites is 1. The average molecular weight is 1230 g/mol. The molecule has 0 aliphatic rings. The van der Waals surface area contributed by atoms with Crippen molar-refractivity contribution >= 4 is 5.69 Å². The number of aromatic nitrogens is 2. The summed E-state index contributed by atoms with van der Waals surface area (Å²) in [7, 11) is 0. The summed E-state index contributed by atoms with van der Waals surface area (Å²) in [6.45, 7) is 75.6. The average Bonchev–Trinajstić information content (AvgIpc) is 3.66. The van der Waals surface area contributed by atoms with E-state index in [1.165, 1.54) is 60.9 Å². The Labute approximate surface area is 557 Å². The fourth-order valence-electron chi connectivity index (χ4n) is 9.00. The third-order valence-electron chi connectivity index (χ3n) is 14.4. The number of hydrogen-bond acceptors (Lipinski definition) is 6. The van der Waals surface area contributed by atoms with Crippen LogP contribution in [0.15, 0.2) is 140 Å². The van der Waals surface area contributed by atoms with Crippen LogP contribution in [0.3, 0.4) is 0 Å². The fourth-order valence-corrected chi connectivity index (χ4v) is 9.00. The highest BCUT2D eigenvalue weighted by Gasteiger charge is 2.27. The molecule has 6 heteroatoms. The minimum atomic E-state index is 0.362. The number of benzene rings is 3. The number of anilines is 1. The van der Waals surface area contributed by atoms with Crippen molar-refractivity contribution in [1.82, 2.24) is 25.9 Å². The van der Waals surface area contributed by atoms with E-state index in [1.54, 1.807) is 0 Å². The van der Waals surface area contributed by atoms with Gasteiger partial charge in [-0.15, -0.1) is 0 Å². The van der Waals surface area contributed by atoms with Crippen LogP contribution < -0.4 is 21.3 Å². The molecule has 0 bridgehead atoms. The second-order valence-electron chi connectivity index (χ2n) is 29.3. The molecule has 3 atom stereocenters. The molecule has 0 saturated heterocycles. The van der Waals surface area contributed by atoms with Crippen molar-refractivity contribution in [3.05, 3.63) is 162 Å². The highest BCUT2D eigenvalue weighted by molar-refractivity contribution is 5.42. The van der Waals surface area contributed by atoms with E-state index >= 15 is 0 Å². The van der Waals surface area contributed by atoms with Gasteiger partial charge in [0, 0.05) is 50.5 Å². The van der Waals surface area contributed by atoms with E-state index in [-0.39, 0.29) is 0 Å². The van der Waals surface area contributed by atoms with E-state index in [0.717, 1.165) is 75.2 Å². The van der Waals surface area contributed by atoms with E-state index in [9.17, 15) is 0 Å². The van der Waals surface area contributed by atoms with E-state index in [0.29, 0.717) is 38.9 Å². The Hall–Kier alpha value is -4.36. The Kier molecular flexibility index (Phi) is 59.2. The summed E-state index contributed by atoms with van der Waals surface area (Å²) < 4.78 is 0. The predicted octanol–water partition coefficient (Wildman–Crippen LogP) is 24.6. The zero-order valence-corrected chi connectivity index (χ0v) is 64.8. The predicted molar refractivity (Wildman–Crippen MR) is 407 cm³/mol. The molecule has 3 unspecified atom stereocenters. The first-order valence-corrected chi connectivity index (χ1v) is 35.6. The van der Waals surface area contributed by atoms with Crippen LogP contribution in [0, 0.1) is 62.6 Å². The maximum absolute atomic E-state index is 4.34. The van der Waals surface area contributed by atoms with Crippen LogP contribution in [-0.2, 0) is 26.1 Å². The minimum Gasteiger partial charge on any atom is -0.385 e. The Morgan fingerprint density at radius 2 is 0.708 bits per heavy atom. The van der Waals surface area contributed by atoms with Crippen LogP contribution in [0.2, 0.25) is 0 Å². The maximum Gasteiger partial charge on any atom is 0.0541 e. The van der Waals surface area contributed by atoms with Gasteiger partial charge in [-0.3, -0.25) is 9.97 Å². The third-order valence-corrected chi connectivity index (χ3v) is 14.4. The van der Waals surface area contributed by atoms with Crippen molar-refractivity contribution in [3.8, 4) is 0 Å². The number of hydrogen-bond donors (Lipinski definition) is 4. The molecule has 0 spiro atoms. The van der Waals surface area contributed by atoms with E-state index in [2.05, 4.69) is 274 Å². The molecule has 5 aromatic rings. The van der Waals surface area contributed by atoms with Gasteiger partial charge in [-0.1, -0.05) is 306 Å². The quantitative estimate of drug-likeness (QED) is 0.0522. The van der Waals surface area contributed by atoms with Crippen molar-refractivity contribution in [2.75, 3.05) is 31.5 Å². The van der Waals surface area contributed by atoms with Gasteiger partial charge in [0.05, 0.1) is 5.69 Å². The second kappa shape index (κ2) is 56.4. The van der Waals surface area contributed by atoms with Crippen molar-refractivity contribution in [2.45, 2.75) is 273 Å². The molecule has 6 nitrogen and oxygen atoms in total. The zero-order chi connectivity index (χ0) is 69.5. The summed E-state index contributed by atoms with van der Waals surface area (Å²) in [6, 6.07) is 41.9. The van der Waals surface area contributed by atoms with Gasteiger partial charge in [-0.05, 0) is 168 Å². The molecule has 2 aromatic heterocycles. The molecule has 0 fully saturated rings. The van der Waals surface area contributed by atoms with Gasteiger partial charge in [-0.2, -0.15) is 0 Å². The number of rotatable bonds is 23. The molecule has 5 rings (SSSR count). The first-order chi connectivity index (χ1) is 41.8. The van der Waals surface area contributed by atoms with Crippen LogP contribution in [0.1, 0.15) is 269 Å². The Balaban J connectivity index is -0.000000321. The molecule has 0 amide bonds. The largest absolute Gasteiger partial charge is 0.385 e. The first kappa shape index (κ1) is 93.4. The van der Waals surface area contributed by atoms with Gasteiger partial charge in [0.25, 0.3) is 0 Å². The first-order valence-electron chi connectivity index (χ1n) is 35.6. The molecular weight excluding hydrogens is 1080 g/mol. The lowest BCUT2D eigenvalue weighted by molar-refractivity contribution is 0.197. The van der Waals surface area contributed by atoms with Gasteiger partial charge in [-0.25, -0.2) is 0 Å². The lowest BCUT2D eigenvalue weighted by Crippen LogP contribution is -2.32. The molecule has 3 aromatic carbocycles. The Morgan fingerprint density at radius 3 is 1.04 bits per heavy atom. The summed E-state index contributed by atoms with van der Waals surface area (Å²) in [5, 5.41) is 14.1. The highest BCUT2D eigenvalue weighted by Crippen LogP contribution is 2.33. The third kappa shape index (κ3) is 59.7. The standard InChI is InChI=1S/C17H29N.2C16H28N2.C12H19N.C12H18.5C2H6/c1-14(2)11-16(17(3,4)5)13-18-12-15-9-7-6-8-10-15;1-13(2)9-15(16(3,4)5)12-18-11-14-7-6-8-17-10-14;1-13(2)10-14(16(3,4)5)11-17-12-15-8-6-7-9-18-15;1-12(2,3)9-10-13-11-7-5-4-6-8-11;1-12(2,3)10-9-11-7-5-4-6-8-11;5*1-2/h6-10,14,16,18H,11-13H2,1-5H3;6-8,10,13,15,18H,9,11-12H2,1-5H3;6-9,13-14,17H,10-12H2,1-5H3;4-8,13H,9-10H2,1-3H3;4-8H,9-10H2,1-3H3;5*1-2H3. The van der Waals surface area contributed by atoms with Gasteiger partial charge in [0.1, 0.15) is 0 Å². The second-order valence-corrected chi connectivity index (χ2v) is 29.3. The normalized spacial score (nSPS) is 12.0. The summed E-state index contributed by atoms with van der Waals surface area (Å²) in [5.41, 5.74) is 8.40. The number of nitrogens with zero attached hydrogens (tertiary/aromatic N) is 2.